The predicted molar refractivity (Wildman–Crippen MR) is 103 cm³/mol. The quantitative estimate of drug-likeness (QED) is 0.779. The number of hydrogen-bond acceptors (Lipinski definition) is 4. The van der Waals surface area contributed by atoms with E-state index in [4.69, 9.17) is 28.0 Å². The maximum atomic E-state index is 12.8. The highest BCUT2D eigenvalue weighted by atomic mass is 35.5. The van der Waals surface area contributed by atoms with E-state index in [0.717, 1.165) is 11.1 Å². The third-order valence-electron chi connectivity index (χ3n) is 4.31. The monoisotopic (exact) mass is 406 g/mol. The normalized spacial score (nSPS) is 18.0. The van der Waals surface area contributed by atoms with Crippen LogP contribution in [0.5, 0.6) is 0 Å². The van der Waals surface area contributed by atoms with Gasteiger partial charge in [0.1, 0.15) is 13.2 Å². The number of aliphatic carboxylic acids is 1. The Morgan fingerprint density at radius 3 is 2.37 bits per heavy atom. The lowest BCUT2D eigenvalue weighted by Crippen LogP contribution is -2.40. The second kappa shape index (κ2) is 7.98. The molecule has 1 aliphatic heterocycles. The molecule has 8 heteroatoms. The van der Waals surface area contributed by atoms with Crippen molar-refractivity contribution >= 4 is 40.8 Å². The zero-order valence-electron chi connectivity index (χ0n) is 14.4. The van der Waals surface area contributed by atoms with Gasteiger partial charge in [-0.2, -0.15) is 0 Å². The van der Waals surface area contributed by atoms with E-state index in [1.807, 2.05) is 6.07 Å². The Labute approximate surface area is 165 Å². The fourth-order valence-corrected chi connectivity index (χ4v) is 3.28. The molecule has 1 amide bonds. The Hall–Kier alpha value is -2.57. The zero-order valence-corrected chi connectivity index (χ0v) is 15.9. The number of benzene rings is 2. The van der Waals surface area contributed by atoms with E-state index in [0.29, 0.717) is 21.3 Å². The standard InChI is InChI=1S/C19H16Cl2N2O4/c1-27-22-14-9-17(19(25)26)23(10-14)18(24)12-4-2-11(3-5-12)13-6-7-15(20)16(21)8-13/h2-8,17H,9-10H2,1H3,(H,25,26)/t17-/m0/s1. The fourth-order valence-electron chi connectivity index (χ4n) is 2.98. The highest BCUT2D eigenvalue weighted by Crippen LogP contribution is 2.29. The summed E-state index contributed by atoms with van der Waals surface area (Å²) in [5, 5.41) is 14.1. The second-order valence-corrected chi connectivity index (χ2v) is 6.85. The minimum atomic E-state index is -1.07. The maximum absolute atomic E-state index is 12.8. The lowest BCUT2D eigenvalue weighted by atomic mass is 10.0. The molecule has 0 aromatic heterocycles. The van der Waals surface area contributed by atoms with Gasteiger partial charge >= 0.3 is 5.97 Å². The summed E-state index contributed by atoms with van der Waals surface area (Å²) in [6.45, 7) is 0.123. The van der Waals surface area contributed by atoms with Crippen molar-refractivity contribution < 1.29 is 19.5 Å². The molecule has 2 aromatic carbocycles. The first kappa shape index (κ1) is 19.2. The molecule has 0 bridgehead atoms. The third kappa shape index (κ3) is 4.07. The topological polar surface area (TPSA) is 79.2 Å². The molecule has 1 saturated heterocycles. The highest BCUT2D eigenvalue weighted by Gasteiger charge is 2.38. The number of rotatable bonds is 4. The van der Waals surface area contributed by atoms with Crippen LogP contribution in [0.3, 0.4) is 0 Å². The average Bonchev–Trinajstić information content (AvgIpc) is 3.08. The lowest BCUT2D eigenvalue weighted by molar-refractivity contribution is -0.141. The predicted octanol–water partition coefficient (Wildman–Crippen LogP) is 3.96. The van der Waals surface area contributed by atoms with Gasteiger partial charge in [-0.05, 0) is 35.4 Å². The van der Waals surface area contributed by atoms with Crippen LogP contribution in [-0.4, -0.2) is 47.3 Å². The first-order chi connectivity index (χ1) is 12.9. The van der Waals surface area contributed by atoms with Gasteiger partial charge in [0.2, 0.25) is 0 Å². The van der Waals surface area contributed by atoms with Gasteiger partial charge in [0.15, 0.2) is 0 Å². The minimum Gasteiger partial charge on any atom is -0.480 e. The van der Waals surface area contributed by atoms with Crippen LogP contribution < -0.4 is 0 Å². The number of nitrogens with zero attached hydrogens (tertiary/aromatic N) is 2. The molecular weight excluding hydrogens is 391 g/mol. The summed E-state index contributed by atoms with van der Waals surface area (Å²) in [5.41, 5.74) is 2.64. The lowest BCUT2D eigenvalue weighted by Gasteiger charge is -2.20. The van der Waals surface area contributed by atoms with Gasteiger partial charge in [-0.25, -0.2) is 4.79 Å². The molecule has 0 radical (unpaired) electrons. The van der Waals surface area contributed by atoms with Crippen LogP contribution in [0, 0.1) is 0 Å². The second-order valence-electron chi connectivity index (χ2n) is 6.04. The molecule has 0 spiro atoms. The van der Waals surface area contributed by atoms with Crippen molar-refractivity contribution in [1.82, 2.24) is 4.90 Å². The molecule has 0 aliphatic carbocycles. The van der Waals surface area contributed by atoms with E-state index >= 15 is 0 Å². The van der Waals surface area contributed by atoms with Crippen LogP contribution in [0.4, 0.5) is 0 Å². The van der Waals surface area contributed by atoms with Crippen molar-refractivity contribution in [3.8, 4) is 11.1 Å². The number of carboxylic acid groups (broad SMARTS) is 1. The molecular formula is C19H16Cl2N2O4. The number of carbonyl (C=O) groups excluding carboxylic acids is 1. The summed E-state index contributed by atoms with van der Waals surface area (Å²) in [4.78, 5) is 30.3. The molecule has 1 heterocycles. The van der Waals surface area contributed by atoms with E-state index in [1.165, 1.54) is 12.0 Å². The van der Waals surface area contributed by atoms with Crippen molar-refractivity contribution in [1.29, 1.82) is 0 Å². The molecule has 3 rings (SSSR count). The van der Waals surface area contributed by atoms with Gasteiger partial charge in [-0.1, -0.05) is 46.6 Å². The number of halogens is 2. The van der Waals surface area contributed by atoms with Gasteiger partial charge < -0.3 is 14.8 Å². The highest BCUT2D eigenvalue weighted by molar-refractivity contribution is 6.42. The molecule has 6 nitrogen and oxygen atoms in total. The van der Waals surface area contributed by atoms with E-state index in [-0.39, 0.29) is 18.9 Å². The van der Waals surface area contributed by atoms with Crippen LogP contribution in [0.2, 0.25) is 10.0 Å². The molecule has 0 saturated carbocycles. The molecule has 1 N–H and O–H groups in total. The number of likely N-dealkylation sites (tertiary alicyclic amines) is 1. The fraction of sp³-hybridized carbons (Fsp3) is 0.211. The summed E-state index contributed by atoms with van der Waals surface area (Å²) in [7, 11) is 1.38. The Bertz CT molecular complexity index is 912. The third-order valence-corrected chi connectivity index (χ3v) is 5.05. The van der Waals surface area contributed by atoms with Crippen LogP contribution >= 0.6 is 23.2 Å². The molecule has 1 fully saturated rings. The first-order valence-corrected chi connectivity index (χ1v) is 8.84. The van der Waals surface area contributed by atoms with Crippen molar-refractivity contribution in [2.45, 2.75) is 12.5 Å². The van der Waals surface area contributed by atoms with Gasteiger partial charge in [0.05, 0.1) is 22.3 Å². The van der Waals surface area contributed by atoms with Crippen molar-refractivity contribution in [2.75, 3.05) is 13.7 Å². The van der Waals surface area contributed by atoms with Crippen LogP contribution in [0.15, 0.2) is 47.6 Å². The average molecular weight is 407 g/mol. The molecule has 2 aromatic rings. The van der Waals surface area contributed by atoms with Gasteiger partial charge in [0.25, 0.3) is 5.91 Å². The molecule has 1 atom stereocenters. The summed E-state index contributed by atoms with van der Waals surface area (Å²) < 4.78 is 0. The van der Waals surface area contributed by atoms with Gasteiger partial charge in [-0.15, -0.1) is 0 Å². The van der Waals surface area contributed by atoms with Gasteiger partial charge in [-0.3, -0.25) is 4.79 Å². The largest absolute Gasteiger partial charge is 0.480 e. The van der Waals surface area contributed by atoms with Crippen molar-refractivity contribution in [3.63, 3.8) is 0 Å². The summed E-state index contributed by atoms with van der Waals surface area (Å²) >= 11 is 12.0. The summed E-state index contributed by atoms with van der Waals surface area (Å²) in [6, 6.07) is 11.2. The SMILES string of the molecule is CON=C1C[C@@H](C(=O)O)N(C(=O)c2ccc(-c3ccc(Cl)c(Cl)c3)cc2)C1. The molecule has 1 aliphatic rings. The maximum Gasteiger partial charge on any atom is 0.326 e. The van der Waals surface area contributed by atoms with Crippen molar-refractivity contribution in [2.24, 2.45) is 5.16 Å². The smallest absolute Gasteiger partial charge is 0.326 e. The number of hydrogen-bond donors (Lipinski definition) is 1. The van der Waals surface area contributed by atoms with Gasteiger partial charge in [0, 0.05) is 12.0 Å². The molecule has 0 unspecified atom stereocenters. The Balaban J connectivity index is 1.83. The first-order valence-electron chi connectivity index (χ1n) is 8.09. The number of carboxylic acids is 1. The summed E-state index contributed by atoms with van der Waals surface area (Å²) in [6.07, 6.45) is 0.149. The Morgan fingerprint density at radius 2 is 1.78 bits per heavy atom. The summed E-state index contributed by atoms with van der Waals surface area (Å²) in [5.74, 6) is -1.44. The zero-order chi connectivity index (χ0) is 19.6. The Kier molecular flexibility index (Phi) is 5.68. The van der Waals surface area contributed by atoms with Crippen LogP contribution in [-0.2, 0) is 9.63 Å². The Morgan fingerprint density at radius 1 is 1.11 bits per heavy atom. The van der Waals surface area contributed by atoms with E-state index in [1.54, 1.807) is 36.4 Å². The minimum absolute atomic E-state index is 0.123. The van der Waals surface area contributed by atoms with E-state index < -0.39 is 12.0 Å². The van der Waals surface area contributed by atoms with E-state index in [9.17, 15) is 14.7 Å². The molecule has 140 valence electrons. The molecule has 27 heavy (non-hydrogen) atoms. The van der Waals surface area contributed by atoms with Crippen LogP contribution in [0.1, 0.15) is 16.8 Å². The van der Waals surface area contributed by atoms with E-state index in [2.05, 4.69) is 5.16 Å². The van der Waals surface area contributed by atoms with Crippen molar-refractivity contribution in [3.05, 3.63) is 58.1 Å². The number of oxime groups is 1. The number of amides is 1. The number of carbonyl (C=O) groups is 2. The van der Waals surface area contributed by atoms with Crippen LogP contribution in [0.25, 0.3) is 11.1 Å².